The molecule has 2 heterocycles. The number of nitro groups is 1. The number of aromatic nitrogens is 3. The SMILES string of the molecule is CC(C)n1nccc1NC(=O)c1cc(N)ncc1[N+](=O)[O-]. The Balaban J connectivity index is 2.34. The molecule has 2 aromatic heterocycles. The van der Waals surface area contributed by atoms with Crippen LogP contribution in [0.15, 0.2) is 24.5 Å². The molecule has 2 aromatic rings. The van der Waals surface area contributed by atoms with E-state index in [1.54, 1.807) is 10.7 Å². The average Bonchev–Trinajstić information content (AvgIpc) is 2.86. The van der Waals surface area contributed by atoms with Crippen LogP contribution in [0.25, 0.3) is 0 Å². The lowest BCUT2D eigenvalue weighted by molar-refractivity contribution is -0.385. The summed E-state index contributed by atoms with van der Waals surface area (Å²) in [5.41, 5.74) is 4.93. The molecule has 0 unspecified atom stereocenters. The molecule has 2 rings (SSSR count). The van der Waals surface area contributed by atoms with Crippen LogP contribution < -0.4 is 11.1 Å². The van der Waals surface area contributed by atoms with Crippen LogP contribution in [0.1, 0.15) is 30.2 Å². The summed E-state index contributed by atoms with van der Waals surface area (Å²) in [6.07, 6.45) is 2.49. The van der Waals surface area contributed by atoms with Crippen molar-refractivity contribution in [2.75, 3.05) is 11.1 Å². The molecule has 21 heavy (non-hydrogen) atoms. The standard InChI is InChI=1S/C12H14N6O3/c1-7(2)17-11(3-4-15-17)16-12(19)8-5-10(13)14-6-9(8)18(20)21/h3-7H,1-2H3,(H2,13,14)(H,16,19). The molecule has 0 spiro atoms. The summed E-state index contributed by atoms with van der Waals surface area (Å²) >= 11 is 0. The number of carbonyl (C=O) groups is 1. The number of carbonyl (C=O) groups excluding carboxylic acids is 1. The zero-order valence-corrected chi connectivity index (χ0v) is 11.5. The third kappa shape index (κ3) is 2.96. The Kier molecular flexibility index (Phi) is 3.83. The van der Waals surface area contributed by atoms with Gasteiger partial charge in [-0.2, -0.15) is 5.10 Å². The maximum Gasteiger partial charge on any atom is 0.300 e. The second kappa shape index (κ2) is 5.57. The van der Waals surface area contributed by atoms with Gasteiger partial charge in [-0.15, -0.1) is 0 Å². The Morgan fingerprint density at radius 1 is 1.52 bits per heavy atom. The summed E-state index contributed by atoms with van der Waals surface area (Å²) in [4.78, 5) is 26.1. The lowest BCUT2D eigenvalue weighted by Crippen LogP contribution is -2.18. The van der Waals surface area contributed by atoms with E-state index in [-0.39, 0.29) is 17.4 Å². The van der Waals surface area contributed by atoms with Crippen molar-refractivity contribution in [3.05, 3.63) is 40.2 Å². The molecule has 0 aliphatic heterocycles. The molecule has 0 aliphatic carbocycles. The maximum absolute atomic E-state index is 12.2. The predicted molar refractivity (Wildman–Crippen MR) is 75.9 cm³/mol. The Morgan fingerprint density at radius 2 is 2.24 bits per heavy atom. The average molecular weight is 290 g/mol. The fourth-order valence-electron chi connectivity index (χ4n) is 1.80. The molecular formula is C12H14N6O3. The molecule has 9 heteroatoms. The number of hydrogen-bond acceptors (Lipinski definition) is 6. The maximum atomic E-state index is 12.2. The van der Waals surface area contributed by atoms with E-state index in [0.29, 0.717) is 5.82 Å². The molecule has 0 saturated carbocycles. The summed E-state index contributed by atoms with van der Waals surface area (Å²) in [5, 5.41) is 17.6. The summed E-state index contributed by atoms with van der Waals surface area (Å²) in [6.45, 7) is 3.80. The van der Waals surface area contributed by atoms with Crippen LogP contribution in [-0.4, -0.2) is 25.6 Å². The number of nitrogen functional groups attached to an aromatic ring is 1. The normalized spacial score (nSPS) is 10.6. The highest BCUT2D eigenvalue weighted by atomic mass is 16.6. The van der Waals surface area contributed by atoms with Crippen LogP contribution in [0.3, 0.4) is 0 Å². The van der Waals surface area contributed by atoms with Crippen LogP contribution >= 0.6 is 0 Å². The largest absolute Gasteiger partial charge is 0.384 e. The molecule has 0 radical (unpaired) electrons. The first-order chi connectivity index (χ1) is 9.90. The van der Waals surface area contributed by atoms with E-state index in [2.05, 4.69) is 15.4 Å². The van der Waals surface area contributed by atoms with Crippen molar-refractivity contribution < 1.29 is 9.72 Å². The molecule has 0 fully saturated rings. The summed E-state index contributed by atoms with van der Waals surface area (Å²) < 4.78 is 1.59. The van der Waals surface area contributed by atoms with Gasteiger partial charge in [-0.1, -0.05) is 0 Å². The van der Waals surface area contributed by atoms with Crippen LogP contribution in [0.4, 0.5) is 17.3 Å². The number of anilines is 2. The van der Waals surface area contributed by atoms with E-state index in [9.17, 15) is 14.9 Å². The van der Waals surface area contributed by atoms with Gasteiger partial charge in [0.1, 0.15) is 23.4 Å². The van der Waals surface area contributed by atoms with E-state index in [4.69, 9.17) is 5.73 Å². The molecule has 0 aliphatic rings. The topological polar surface area (TPSA) is 129 Å². The Labute approximate surface area is 119 Å². The molecule has 1 amide bonds. The van der Waals surface area contributed by atoms with Crippen molar-refractivity contribution in [1.82, 2.24) is 14.8 Å². The third-order valence-electron chi connectivity index (χ3n) is 2.75. The number of nitrogens with zero attached hydrogens (tertiary/aromatic N) is 4. The predicted octanol–water partition coefficient (Wildman–Crippen LogP) is 1.60. The first-order valence-electron chi connectivity index (χ1n) is 6.15. The van der Waals surface area contributed by atoms with Crippen molar-refractivity contribution >= 4 is 23.2 Å². The first-order valence-corrected chi connectivity index (χ1v) is 6.15. The first kappa shape index (κ1) is 14.4. The van der Waals surface area contributed by atoms with Crippen LogP contribution in [0, 0.1) is 10.1 Å². The fraction of sp³-hybridized carbons (Fsp3) is 0.250. The van der Waals surface area contributed by atoms with Crippen molar-refractivity contribution in [2.45, 2.75) is 19.9 Å². The monoisotopic (exact) mass is 290 g/mol. The zero-order valence-electron chi connectivity index (χ0n) is 11.5. The summed E-state index contributed by atoms with van der Waals surface area (Å²) in [7, 11) is 0. The third-order valence-corrected chi connectivity index (χ3v) is 2.75. The smallest absolute Gasteiger partial charge is 0.300 e. The molecule has 9 nitrogen and oxygen atoms in total. The van der Waals surface area contributed by atoms with E-state index in [0.717, 1.165) is 6.20 Å². The number of pyridine rings is 1. The molecule has 0 atom stereocenters. The number of nitrogens with one attached hydrogen (secondary N) is 1. The molecule has 3 N–H and O–H groups in total. The Morgan fingerprint density at radius 3 is 2.86 bits per heavy atom. The Hall–Kier alpha value is -2.97. The van der Waals surface area contributed by atoms with Gasteiger partial charge < -0.3 is 11.1 Å². The van der Waals surface area contributed by atoms with Gasteiger partial charge in [-0.25, -0.2) is 9.67 Å². The van der Waals surface area contributed by atoms with Gasteiger partial charge in [-0.3, -0.25) is 14.9 Å². The highest BCUT2D eigenvalue weighted by molar-refractivity contribution is 6.07. The summed E-state index contributed by atoms with van der Waals surface area (Å²) in [5.74, 6) is -0.166. The van der Waals surface area contributed by atoms with Gasteiger partial charge >= 0.3 is 0 Å². The van der Waals surface area contributed by atoms with E-state index in [1.165, 1.54) is 12.3 Å². The van der Waals surface area contributed by atoms with Gasteiger partial charge in [0.15, 0.2) is 0 Å². The van der Waals surface area contributed by atoms with Crippen molar-refractivity contribution in [3.8, 4) is 0 Å². The van der Waals surface area contributed by atoms with Gasteiger partial charge in [0, 0.05) is 12.1 Å². The molecular weight excluding hydrogens is 276 g/mol. The van der Waals surface area contributed by atoms with E-state index < -0.39 is 16.5 Å². The van der Waals surface area contributed by atoms with Crippen molar-refractivity contribution in [1.29, 1.82) is 0 Å². The second-order valence-electron chi connectivity index (χ2n) is 4.59. The minimum Gasteiger partial charge on any atom is -0.384 e. The highest BCUT2D eigenvalue weighted by Gasteiger charge is 2.22. The molecule has 0 saturated heterocycles. The van der Waals surface area contributed by atoms with Gasteiger partial charge in [0.2, 0.25) is 0 Å². The quantitative estimate of drug-likeness (QED) is 0.650. The van der Waals surface area contributed by atoms with Crippen LogP contribution in [0.5, 0.6) is 0 Å². The fourth-order valence-corrected chi connectivity index (χ4v) is 1.80. The molecule has 0 bridgehead atoms. The van der Waals surface area contributed by atoms with Crippen LogP contribution in [0.2, 0.25) is 0 Å². The second-order valence-corrected chi connectivity index (χ2v) is 4.59. The number of nitrogens with two attached hydrogens (primary N) is 1. The zero-order chi connectivity index (χ0) is 15.6. The van der Waals surface area contributed by atoms with Gasteiger partial charge in [-0.05, 0) is 19.9 Å². The molecule has 110 valence electrons. The van der Waals surface area contributed by atoms with Crippen molar-refractivity contribution in [3.63, 3.8) is 0 Å². The van der Waals surface area contributed by atoms with E-state index >= 15 is 0 Å². The summed E-state index contributed by atoms with van der Waals surface area (Å²) in [6, 6.07) is 2.81. The van der Waals surface area contributed by atoms with Crippen LogP contribution in [-0.2, 0) is 0 Å². The highest BCUT2D eigenvalue weighted by Crippen LogP contribution is 2.21. The molecule has 0 aromatic carbocycles. The lowest BCUT2D eigenvalue weighted by Gasteiger charge is -2.11. The number of amides is 1. The minimum atomic E-state index is -0.679. The number of rotatable bonds is 4. The Bertz CT molecular complexity index is 694. The number of hydrogen-bond donors (Lipinski definition) is 2. The van der Waals surface area contributed by atoms with Crippen molar-refractivity contribution in [2.24, 2.45) is 0 Å². The lowest BCUT2D eigenvalue weighted by atomic mass is 10.2. The van der Waals surface area contributed by atoms with Gasteiger partial charge in [0.05, 0.1) is 11.1 Å². The van der Waals surface area contributed by atoms with Gasteiger partial charge in [0.25, 0.3) is 11.6 Å². The minimum absolute atomic E-state index is 0.0307. The van der Waals surface area contributed by atoms with E-state index in [1.807, 2.05) is 13.8 Å².